The van der Waals surface area contributed by atoms with Crippen LogP contribution in [0.1, 0.15) is 24.2 Å². The molecule has 1 rings (SSSR count). The summed E-state index contributed by atoms with van der Waals surface area (Å²) < 4.78 is 25.7. The lowest BCUT2D eigenvalue weighted by Crippen LogP contribution is -2.51. The number of amides is 1. The minimum absolute atomic E-state index is 0.203. The van der Waals surface area contributed by atoms with Gasteiger partial charge in [-0.05, 0) is 38.1 Å². The van der Waals surface area contributed by atoms with Crippen LogP contribution >= 0.6 is 15.9 Å². The highest BCUT2D eigenvalue weighted by molar-refractivity contribution is 9.10. The number of sulfonamides is 1. The Labute approximate surface area is 122 Å². The van der Waals surface area contributed by atoms with Gasteiger partial charge >= 0.3 is 0 Å². The van der Waals surface area contributed by atoms with Gasteiger partial charge in [-0.1, -0.05) is 15.9 Å². The van der Waals surface area contributed by atoms with Crippen LogP contribution in [0.25, 0.3) is 0 Å². The minimum atomic E-state index is -3.31. The highest BCUT2D eigenvalue weighted by Gasteiger charge is 2.22. The van der Waals surface area contributed by atoms with Crippen LogP contribution in [-0.2, 0) is 10.0 Å². The second-order valence-corrected chi connectivity index (χ2v) is 7.61. The Morgan fingerprint density at radius 2 is 1.79 bits per heavy atom. The zero-order valence-corrected chi connectivity index (χ0v) is 13.4. The molecule has 0 radical (unpaired) electrons. The van der Waals surface area contributed by atoms with E-state index in [2.05, 4.69) is 26.0 Å². The first-order valence-corrected chi connectivity index (χ1v) is 8.30. The summed E-state index contributed by atoms with van der Waals surface area (Å²) in [5.74, 6) is -0.240. The van der Waals surface area contributed by atoms with Gasteiger partial charge < -0.3 is 5.32 Å². The Morgan fingerprint density at radius 1 is 1.26 bits per heavy atom. The maximum atomic E-state index is 11.9. The first-order chi connectivity index (χ1) is 8.59. The molecule has 1 amide bonds. The molecule has 0 aliphatic heterocycles. The third kappa shape index (κ3) is 6.17. The molecule has 0 heterocycles. The summed E-state index contributed by atoms with van der Waals surface area (Å²) in [6.45, 7) is 3.61. The maximum absolute atomic E-state index is 11.9. The second-order valence-electron chi connectivity index (χ2n) is 4.95. The molecule has 1 aromatic carbocycles. The topological polar surface area (TPSA) is 75.3 Å². The molecule has 2 N–H and O–H groups in total. The van der Waals surface area contributed by atoms with Gasteiger partial charge in [-0.2, -0.15) is 0 Å². The van der Waals surface area contributed by atoms with Gasteiger partial charge in [0, 0.05) is 22.1 Å². The highest BCUT2D eigenvalue weighted by atomic mass is 79.9. The fraction of sp³-hybridized carbons (Fsp3) is 0.417. The van der Waals surface area contributed by atoms with Crippen LogP contribution in [-0.4, -0.2) is 32.7 Å². The molecule has 0 saturated carbocycles. The molecule has 0 aliphatic rings. The zero-order valence-electron chi connectivity index (χ0n) is 11.0. The van der Waals surface area contributed by atoms with E-state index >= 15 is 0 Å². The fourth-order valence-corrected chi connectivity index (χ4v) is 2.88. The molecular weight excluding hydrogens is 332 g/mol. The van der Waals surface area contributed by atoms with Crippen LogP contribution in [0.5, 0.6) is 0 Å². The average molecular weight is 349 g/mol. The largest absolute Gasteiger partial charge is 0.350 e. The van der Waals surface area contributed by atoms with Gasteiger partial charge in [-0.15, -0.1) is 0 Å². The molecule has 7 heteroatoms. The van der Waals surface area contributed by atoms with E-state index in [9.17, 15) is 13.2 Å². The second kappa shape index (κ2) is 6.02. The Hall–Kier alpha value is -0.920. The number of hydrogen-bond acceptors (Lipinski definition) is 3. The summed E-state index contributed by atoms with van der Waals surface area (Å²) in [5, 5.41) is 2.70. The predicted octanol–water partition coefficient (Wildman–Crippen LogP) is 1.51. The number of carbonyl (C=O) groups is 1. The van der Waals surface area contributed by atoms with Crippen LogP contribution in [0.15, 0.2) is 28.7 Å². The van der Waals surface area contributed by atoms with E-state index in [1.807, 2.05) is 0 Å². The van der Waals surface area contributed by atoms with Crippen molar-refractivity contribution in [1.29, 1.82) is 0 Å². The minimum Gasteiger partial charge on any atom is -0.350 e. The van der Waals surface area contributed by atoms with E-state index in [-0.39, 0.29) is 12.5 Å². The van der Waals surface area contributed by atoms with Crippen molar-refractivity contribution in [3.05, 3.63) is 34.3 Å². The smallest absolute Gasteiger partial charge is 0.251 e. The summed E-state index contributed by atoms with van der Waals surface area (Å²) in [7, 11) is -3.31. The number of benzene rings is 1. The molecule has 0 aromatic heterocycles. The normalized spacial score (nSPS) is 12.2. The van der Waals surface area contributed by atoms with Crippen LogP contribution in [0.3, 0.4) is 0 Å². The molecule has 0 aliphatic carbocycles. The van der Waals surface area contributed by atoms with Crippen molar-refractivity contribution in [2.45, 2.75) is 19.4 Å². The lowest BCUT2D eigenvalue weighted by molar-refractivity contribution is 0.0944. The quantitative estimate of drug-likeness (QED) is 0.846. The highest BCUT2D eigenvalue weighted by Crippen LogP contribution is 2.10. The standard InChI is InChI=1S/C12H17BrN2O3S/c1-12(2,15-19(3,17)18)8-14-11(16)9-4-6-10(13)7-5-9/h4-7,15H,8H2,1-3H3,(H,14,16). The van der Waals surface area contributed by atoms with Gasteiger partial charge in [0.1, 0.15) is 0 Å². The van der Waals surface area contributed by atoms with E-state index in [0.29, 0.717) is 5.56 Å². The van der Waals surface area contributed by atoms with E-state index in [0.717, 1.165) is 10.7 Å². The summed E-state index contributed by atoms with van der Waals surface area (Å²) in [4.78, 5) is 11.9. The van der Waals surface area contributed by atoms with E-state index < -0.39 is 15.6 Å². The van der Waals surface area contributed by atoms with Gasteiger partial charge in [-0.3, -0.25) is 4.79 Å². The molecule has 0 saturated heterocycles. The van der Waals surface area contributed by atoms with Crippen molar-refractivity contribution >= 4 is 31.9 Å². The van der Waals surface area contributed by atoms with Gasteiger partial charge in [0.25, 0.3) is 5.91 Å². The summed E-state index contributed by atoms with van der Waals surface area (Å²) in [5.41, 5.74) is -0.211. The molecule has 0 bridgehead atoms. The van der Waals surface area contributed by atoms with Crippen molar-refractivity contribution in [3.8, 4) is 0 Å². The van der Waals surface area contributed by atoms with Crippen molar-refractivity contribution in [3.63, 3.8) is 0 Å². The number of carbonyl (C=O) groups excluding carboxylic acids is 1. The average Bonchev–Trinajstić information content (AvgIpc) is 2.24. The maximum Gasteiger partial charge on any atom is 0.251 e. The summed E-state index contributed by atoms with van der Waals surface area (Å²) in [6.07, 6.45) is 1.09. The third-order valence-electron chi connectivity index (χ3n) is 2.26. The van der Waals surface area contributed by atoms with Gasteiger partial charge in [0.05, 0.1) is 6.26 Å². The molecule has 1 aromatic rings. The van der Waals surface area contributed by atoms with Gasteiger partial charge in [-0.25, -0.2) is 13.1 Å². The van der Waals surface area contributed by atoms with Crippen molar-refractivity contribution in [2.24, 2.45) is 0 Å². The molecule has 5 nitrogen and oxygen atoms in total. The monoisotopic (exact) mass is 348 g/mol. The van der Waals surface area contributed by atoms with Gasteiger partial charge in [0.15, 0.2) is 0 Å². The van der Waals surface area contributed by atoms with Crippen LogP contribution in [0.2, 0.25) is 0 Å². The van der Waals surface area contributed by atoms with E-state index in [1.54, 1.807) is 38.1 Å². The molecule has 0 fully saturated rings. The molecule has 106 valence electrons. The number of rotatable bonds is 5. The first-order valence-electron chi connectivity index (χ1n) is 5.62. The molecule has 0 atom stereocenters. The third-order valence-corrected chi connectivity index (χ3v) is 3.71. The fourth-order valence-electron chi connectivity index (χ4n) is 1.54. The van der Waals surface area contributed by atoms with E-state index in [1.165, 1.54) is 0 Å². The van der Waals surface area contributed by atoms with Crippen molar-refractivity contribution in [2.75, 3.05) is 12.8 Å². The summed E-state index contributed by atoms with van der Waals surface area (Å²) >= 11 is 3.29. The molecule has 19 heavy (non-hydrogen) atoms. The van der Waals surface area contributed by atoms with Crippen LogP contribution < -0.4 is 10.0 Å². The lowest BCUT2D eigenvalue weighted by atomic mass is 10.1. The van der Waals surface area contributed by atoms with Crippen molar-refractivity contribution in [1.82, 2.24) is 10.0 Å². The Bertz CT molecular complexity index is 553. The Morgan fingerprint density at radius 3 is 2.26 bits per heavy atom. The van der Waals surface area contributed by atoms with E-state index in [4.69, 9.17) is 0 Å². The zero-order chi connectivity index (χ0) is 14.7. The van der Waals surface area contributed by atoms with Crippen molar-refractivity contribution < 1.29 is 13.2 Å². The number of hydrogen-bond donors (Lipinski definition) is 2. The SMILES string of the molecule is CC(C)(CNC(=O)c1ccc(Br)cc1)NS(C)(=O)=O. The molecule has 0 spiro atoms. The van der Waals surface area contributed by atoms with Gasteiger partial charge in [0.2, 0.25) is 10.0 Å². The van der Waals surface area contributed by atoms with Crippen LogP contribution in [0.4, 0.5) is 0 Å². The van der Waals surface area contributed by atoms with Crippen LogP contribution in [0, 0.1) is 0 Å². The molecular formula is C12H17BrN2O3S. The predicted molar refractivity (Wildman–Crippen MR) is 78.5 cm³/mol. The summed E-state index contributed by atoms with van der Waals surface area (Å²) in [6, 6.07) is 6.93. The lowest BCUT2D eigenvalue weighted by Gasteiger charge is -2.25. The molecule has 0 unspecified atom stereocenters. The number of nitrogens with one attached hydrogen (secondary N) is 2. The Kier molecular flexibility index (Phi) is 5.11. The first kappa shape index (κ1) is 16.1. The number of halogens is 1. The Balaban J connectivity index is 2.61.